The second-order valence-corrected chi connectivity index (χ2v) is 10.9. The van der Waals surface area contributed by atoms with Crippen LogP contribution in [0.15, 0.2) is 46.3 Å². The first-order valence-electron chi connectivity index (χ1n) is 10.3. The molecule has 1 fully saturated rings. The van der Waals surface area contributed by atoms with Gasteiger partial charge in [-0.15, -0.1) is 0 Å². The van der Waals surface area contributed by atoms with Gasteiger partial charge in [0, 0.05) is 18.1 Å². The summed E-state index contributed by atoms with van der Waals surface area (Å²) < 4.78 is 36.1. The summed E-state index contributed by atoms with van der Waals surface area (Å²) in [7, 11) is -2.22. The number of aryl methyl sites for hydroxylation is 2. The maximum atomic E-state index is 13.2. The maximum Gasteiger partial charge on any atom is 0.266 e. The highest BCUT2D eigenvalue weighted by Gasteiger charge is 2.39. The lowest BCUT2D eigenvalue weighted by Crippen LogP contribution is -2.40. The topological polar surface area (TPSA) is 81.0 Å². The number of carbonyl (C=O) groups is 1. The molecule has 0 saturated carbocycles. The summed E-state index contributed by atoms with van der Waals surface area (Å²) in [6.07, 6.45) is 1.04. The third-order valence-electron chi connectivity index (χ3n) is 5.64. The highest BCUT2D eigenvalue weighted by Crippen LogP contribution is 2.31. The number of thiazole rings is 1. The number of hydrogen-bond donors (Lipinski definition) is 0. The summed E-state index contributed by atoms with van der Waals surface area (Å²) in [5, 5.41) is 0.451. The van der Waals surface area contributed by atoms with Crippen LogP contribution in [0.2, 0.25) is 5.02 Å². The van der Waals surface area contributed by atoms with Crippen LogP contribution in [-0.4, -0.2) is 42.9 Å². The SMILES string of the molecule is CCn1c(=NC(=O)C2CCCN2S(=O)(=O)c2ccc(Cl)cc2)sc2c(C)ccc(OC)c21. The van der Waals surface area contributed by atoms with Gasteiger partial charge in [-0.3, -0.25) is 4.79 Å². The van der Waals surface area contributed by atoms with Gasteiger partial charge in [0.15, 0.2) is 4.80 Å². The molecule has 7 nitrogen and oxygen atoms in total. The first kappa shape index (κ1) is 23.0. The number of aromatic nitrogens is 1. The zero-order chi connectivity index (χ0) is 23.0. The minimum atomic E-state index is -3.83. The molecule has 32 heavy (non-hydrogen) atoms. The average Bonchev–Trinajstić information content (AvgIpc) is 3.40. The van der Waals surface area contributed by atoms with Crippen LogP contribution in [0.5, 0.6) is 5.75 Å². The third-order valence-corrected chi connectivity index (χ3v) is 9.02. The van der Waals surface area contributed by atoms with Crippen LogP contribution in [0.4, 0.5) is 0 Å². The van der Waals surface area contributed by atoms with Gasteiger partial charge in [0.2, 0.25) is 10.0 Å². The largest absolute Gasteiger partial charge is 0.495 e. The molecule has 4 rings (SSSR count). The molecule has 2 aromatic carbocycles. The summed E-state index contributed by atoms with van der Waals surface area (Å²) >= 11 is 7.31. The summed E-state index contributed by atoms with van der Waals surface area (Å²) in [5.74, 6) is 0.260. The summed E-state index contributed by atoms with van der Waals surface area (Å²) in [6.45, 7) is 4.86. The maximum absolute atomic E-state index is 13.2. The highest BCUT2D eigenvalue weighted by molar-refractivity contribution is 7.89. The molecule has 1 atom stereocenters. The van der Waals surface area contributed by atoms with E-state index in [1.165, 1.54) is 39.9 Å². The van der Waals surface area contributed by atoms with Crippen molar-refractivity contribution in [2.24, 2.45) is 4.99 Å². The number of methoxy groups -OCH3 is 1. The van der Waals surface area contributed by atoms with E-state index in [0.717, 1.165) is 15.8 Å². The van der Waals surface area contributed by atoms with Gasteiger partial charge in [-0.1, -0.05) is 29.0 Å². The van der Waals surface area contributed by atoms with Gasteiger partial charge in [0.05, 0.1) is 16.7 Å². The first-order valence-corrected chi connectivity index (χ1v) is 12.9. The molecular weight excluding hydrogens is 470 g/mol. The van der Waals surface area contributed by atoms with E-state index < -0.39 is 22.0 Å². The lowest BCUT2D eigenvalue weighted by molar-refractivity contribution is -0.121. The molecule has 1 aromatic heterocycles. The normalized spacial score (nSPS) is 17.9. The van der Waals surface area contributed by atoms with Crippen molar-refractivity contribution in [3.63, 3.8) is 0 Å². The number of ether oxygens (including phenoxy) is 1. The molecular formula is C22H24ClN3O4S2. The number of sulfonamides is 1. The molecule has 0 radical (unpaired) electrons. The Kier molecular flexibility index (Phi) is 6.44. The second kappa shape index (κ2) is 8.97. The van der Waals surface area contributed by atoms with Crippen LogP contribution in [0.3, 0.4) is 0 Å². The van der Waals surface area contributed by atoms with Crippen LogP contribution >= 0.6 is 22.9 Å². The van der Waals surface area contributed by atoms with E-state index >= 15 is 0 Å². The fourth-order valence-corrected chi connectivity index (χ4v) is 6.97. The predicted octanol–water partition coefficient (Wildman–Crippen LogP) is 3.97. The van der Waals surface area contributed by atoms with Gasteiger partial charge >= 0.3 is 0 Å². The fraction of sp³-hybridized carbons (Fsp3) is 0.364. The Bertz CT molecular complexity index is 1340. The fourth-order valence-electron chi connectivity index (χ4n) is 4.01. The molecule has 1 amide bonds. The lowest BCUT2D eigenvalue weighted by atomic mass is 10.2. The van der Waals surface area contributed by atoms with Crippen molar-refractivity contribution in [3.8, 4) is 5.75 Å². The molecule has 1 aliphatic heterocycles. The first-order chi connectivity index (χ1) is 15.3. The number of benzene rings is 2. The van der Waals surface area contributed by atoms with E-state index in [1.807, 2.05) is 30.5 Å². The number of amides is 1. The average molecular weight is 494 g/mol. The van der Waals surface area contributed by atoms with E-state index in [4.69, 9.17) is 16.3 Å². The van der Waals surface area contributed by atoms with Gasteiger partial charge in [-0.2, -0.15) is 9.30 Å². The molecule has 2 heterocycles. The number of rotatable bonds is 5. The van der Waals surface area contributed by atoms with Crippen molar-refractivity contribution < 1.29 is 17.9 Å². The Hall–Kier alpha value is -2.20. The Morgan fingerprint density at radius 3 is 2.62 bits per heavy atom. The highest BCUT2D eigenvalue weighted by atomic mass is 35.5. The zero-order valence-electron chi connectivity index (χ0n) is 18.0. The van der Waals surface area contributed by atoms with Crippen LogP contribution in [0, 0.1) is 6.92 Å². The van der Waals surface area contributed by atoms with Gasteiger partial charge in [-0.05, 0) is 62.6 Å². The van der Waals surface area contributed by atoms with Gasteiger partial charge in [0.25, 0.3) is 5.91 Å². The molecule has 0 aliphatic carbocycles. The van der Waals surface area contributed by atoms with E-state index in [1.54, 1.807) is 7.11 Å². The van der Waals surface area contributed by atoms with Crippen molar-refractivity contribution >= 4 is 49.1 Å². The summed E-state index contributed by atoms with van der Waals surface area (Å²) in [5.41, 5.74) is 1.96. The Morgan fingerprint density at radius 1 is 1.25 bits per heavy atom. The van der Waals surface area contributed by atoms with Gasteiger partial charge in [0.1, 0.15) is 17.3 Å². The lowest BCUT2D eigenvalue weighted by Gasteiger charge is -2.21. The van der Waals surface area contributed by atoms with Crippen LogP contribution < -0.4 is 9.54 Å². The van der Waals surface area contributed by atoms with Crippen LogP contribution in [0.25, 0.3) is 10.2 Å². The minimum Gasteiger partial charge on any atom is -0.495 e. The van der Waals surface area contributed by atoms with E-state index in [-0.39, 0.29) is 11.4 Å². The van der Waals surface area contributed by atoms with Crippen molar-refractivity contribution in [1.29, 1.82) is 0 Å². The second-order valence-electron chi connectivity index (χ2n) is 7.57. The van der Waals surface area contributed by atoms with Crippen molar-refractivity contribution in [2.45, 2.75) is 44.2 Å². The Balaban J connectivity index is 1.75. The quantitative estimate of drug-likeness (QED) is 0.538. The molecule has 3 aromatic rings. The monoisotopic (exact) mass is 493 g/mol. The van der Waals surface area contributed by atoms with Gasteiger partial charge in [-0.25, -0.2) is 8.42 Å². The molecule has 1 aliphatic rings. The molecule has 10 heteroatoms. The number of nitrogens with zero attached hydrogens (tertiary/aromatic N) is 3. The molecule has 1 unspecified atom stereocenters. The molecule has 0 spiro atoms. The summed E-state index contributed by atoms with van der Waals surface area (Å²) in [6, 6.07) is 9.03. The molecule has 0 bridgehead atoms. The predicted molar refractivity (Wildman–Crippen MR) is 126 cm³/mol. The minimum absolute atomic E-state index is 0.118. The number of hydrogen-bond acceptors (Lipinski definition) is 5. The Labute approximate surface area is 196 Å². The van der Waals surface area contributed by atoms with Crippen molar-refractivity contribution in [3.05, 3.63) is 51.8 Å². The van der Waals surface area contributed by atoms with Crippen molar-refractivity contribution in [1.82, 2.24) is 8.87 Å². The molecule has 1 saturated heterocycles. The number of fused-ring (bicyclic) bond motifs is 1. The number of halogens is 1. The standard InChI is InChI=1S/C22H24ClN3O4S2/c1-4-25-19-18(30-3)12-7-14(2)20(19)31-22(25)24-21(27)17-6-5-13-26(17)32(28,29)16-10-8-15(23)9-11-16/h7-12,17H,4-6,13H2,1-3H3. The van der Waals surface area contributed by atoms with Crippen LogP contribution in [-0.2, 0) is 21.4 Å². The number of carbonyl (C=O) groups excluding carboxylic acids is 1. The van der Waals surface area contributed by atoms with E-state index in [9.17, 15) is 13.2 Å². The van der Waals surface area contributed by atoms with Crippen molar-refractivity contribution in [2.75, 3.05) is 13.7 Å². The zero-order valence-corrected chi connectivity index (χ0v) is 20.4. The molecule has 170 valence electrons. The smallest absolute Gasteiger partial charge is 0.266 e. The Morgan fingerprint density at radius 2 is 1.97 bits per heavy atom. The van der Waals surface area contributed by atoms with Crippen LogP contribution in [0.1, 0.15) is 25.3 Å². The van der Waals surface area contributed by atoms with E-state index in [0.29, 0.717) is 35.0 Å². The third kappa shape index (κ3) is 3.98. The summed E-state index contributed by atoms with van der Waals surface area (Å²) in [4.78, 5) is 18.3. The van der Waals surface area contributed by atoms with Gasteiger partial charge < -0.3 is 9.30 Å². The molecule has 0 N–H and O–H groups in total. The van der Waals surface area contributed by atoms with E-state index in [2.05, 4.69) is 4.99 Å².